The molecule has 0 aromatic carbocycles. The maximum Gasteiger partial charge on any atom is 0.332 e. The minimum atomic E-state index is -1.07. The highest BCUT2D eigenvalue weighted by Gasteiger charge is 2.59. The number of aliphatic carboxylic acids is 1. The zero-order valence-electron chi connectivity index (χ0n) is 25.0. The minimum absolute atomic E-state index is 0.116. The molecule has 0 unspecified atom stereocenters. The van der Waals surface area contributed by atoms with Crippen LogP contribution in [0.3, 0.4) is 0 Å². The van der Waals surface area contributed by atoms with Gasteiger partial charge in [0.15, 0.2) is 0 Å². The van der Waals surface area contributed by atoms with Gasteiger partial charge in [0.05, 0.1) is 0 Å². The summed E-state index contributed by atoms with van der Waals surface area (Å²) in [5.74, 6) is 4.21. The highest BCUT2D eigenvalue weighted by atomic mass is 16.6. The highest BCUT2D eigenvalue weighted by molar-refractivity contribution is 5.72. The molecule has 0 aromatic heterocycles. The molecule has 9 atom stereocenters. The number of hydrogen-bond acceptors (Lipinski definition) is 4. The van der Waals surface area contributed by atoms with Crippen molar-refractivity contribution in [3.05, 3.63) is 11.6 Å². The molecule has 0 aromatic rings. The van der Waals surface area contributed by atoms with Crippen LogP contribution in [0.1, 0.15) is 112 Å². The average molecular weight is 531 g/mol. The Balaban J connectivity index is 1.38. The van der Waals surface area contributed by atoms with Gasteiger partial charge in [-0.25, -0.2) is 9.59 Å². The number of carbonyl (C=O) groups excluding carboxylic acids is 1. The van der Waals surface area contributed by atoms with E-state index in [1.165, 1.54) is 56.9 Å². The molecule has 0 heterocycles. The van der Waals surface area contributed by atoms with Gasteiger partial charge in [-0.15, -0.1) is 0 Å². The quantitative estimate of drug-likeness (QED) is 0.219. The second-order valence-corrected chi connectivity index (χ2v) is 14.2. The van der Waals surface area contributed by atoms with E-state index in [1.54, 1.807) is 0 Å². The zero-order valence-corrected chi connectivity index (χ0v) is 25.0. The van der Waals surface area contributed by atoms with E-state index >= 15 is 0 Å². The summed E-state index contributed by atoms with van der Waals surface area (Å²) < 4.78 is 10.6. The van der Waals surface area contributed by atoms with Crippen LogP contribution in [0, 0.1) is 52.3 Å². The van der Waals surface area contributed by atoms with Crippen molar-refractivity contribution in [1.82, 2.24) is 0 Å². The molecule has 4 aliphatic carbocycles. The third kappa shape index (κ3) is 5.88. The van der Waals surface area contributed by atoms with E-state index in [1.807, 2.05) is 0 Å². The molecule has 0 aliphatic heterocycles. The fourth-order valence-electron chi connectivity index (χ4n) is 9.83. The fraction of sp³-hybridized carbons (Fsp3) is 0.879. The first-order valence-electron chi connectivity index (χ1n) is 15.7. The normalized spacial score (nSPS) is 38.0. The number of fused-ring (bicyclic) bond motifs is 5. The van der Waals surface area contributed by atoms with Crippen LogP contribution in [0.25, 0.3) is 0 Å². The van der Waals surface area contributed by atoms with E-state index in [0.717, 1.165) is 60.7 Å². The van der Waals surface area contributed by atoms with Gasteiger partial charge in [-0.05, 0) is 104 Å². The van der Waals surface area contributed by atoms with Gasteiger partial charge in [-0.1, -0.05) is 66.0 Å². The van der Waals surface area contributed by atoms with E-state index in [-0.39, 0.29) is 18.1 Å². The largest absolute Gasteiger partial charge is 0.480 e. The van der Waals surface area contributed by atoms with E-state index < -0.39 is 18.5 Å². The van der Waals surface area contributed by atoms with Crippen LogP contribution in [0.4, 0.5) is 0 Å². The smallest absolute Gasteiger partial charge is 0.332 e. The molecule has 0 saturated heterocycles. The van der Waals surface area contributed by atoms with E-state index in [2.05, 4.69) is 47.6 Å². The molecule has 0 radical (unpaired) electrons. The van der Waals surface area contributed by atoms with Crippen molar-refractivity contribution in [3.8, 4) is 0 Å². The van der Waals surface area contributed by atoms with E-state index in [4.69, 9.17) is 14.6 Å². The predicted octanol–water partition coefficient (Wildman–Crippen LogP) is 7.68. The van der Waals surface area contributed by atoms with Gasteiger partial charge in [0.1, 0.15) is 19.3 Å². The van der Waals surface area contributed by atoms with Crippen LogP contribution in [0.2, 0.25) is 0 Å². The van der Waals surface area contributed by atoms with Crippen molar-refractivity contribution >= 4 is 11.9 Å². The lowest BCUT2D eigenvalue weighted by Crippen LogP contribution is -2.51. The third-order valence-corrected chi connectivity index (χ3v) is 12.0. The maximum absolute atomic E-state index is 12.2. The second kappa shape index (κ2) is 12.0. The molecule has 4 rings (SSSR count). The van der Waals surface area contributed by atoms with Crippen molar-refractivity contribution in [1.29, 1.82) is 0 Å². The Morgan fingerprint density at radius 2 is 1.79 bits per heavy atom. The van der Waals surface area contributed by atoms with Crippen LogP contribution in [-0.4, -0.2) is 36.4 Å². The average Bonchev–Trinajstić information content (AvgIpc) is 3.21. The third-order valence-electron chi connectivity index (χ3n) is 12.0. The Morgan fingerprint density at radius 3 is 2.47 bits per heavy atom. The molecular formula is C33H54O5. The molecule has 216 valence electrons. The Kier molecular flexibility index (Phi) is 9.37. The van der Waals surface area contributed by atoms with E-state index in [9.17, 15) is 9.59 Å². The van der Waals surface area contributed by atoms with Gasteiger partial charge >= 0.3 is 11.9 Å². The molecule has 38 heavy (non-hydrogen) atoms. The Labute approximate surface area is 231 Å². The minimum Gasteiger partial charge on any atom is -0.480 e. The molecule has 0 bridgehead atoms. The summed E-state index contributed by atoms with van der Waals surface area (Å²) in [5.41, 5.74) is 2.22. The van der Waals surface area contributed by atoms with Crippen molar-refractivity contribution < 1.29 is 24.2 Å². The summed E-state index contributed by atoms with van der Waals surface area (Å²) >= 11 is 0. The van der Waals surface area contributed by atoms with Crippen molar-refractivity contribution in [2.45, 2.75) is 118 Å². The molecular weight excluding hydrogens is 476 g/mol. The highest BCUT2D eigenvalue weighted by Crippen LogP contribution is 2.67. The predicted molar refractivity (Wildman–Crippen MR) is 151 cm³/mol. The second-order valence-electron chi connectivity index (χ2n) is 14.2. The molecule has 3 saturated carbocycles. The number of ether oxygens (including phenoxy) is 2. The summed E-state index contributed by atoms with van der Waals surface area (Å²) in [6, 6.07) is 0. The maximum atomic E-state index is 12.2. The molecule has 4 aliphatic rings. The molecule has 5 nitrogen and oxygen atoms in total. The Hall–Kier alpha value is -1.36. The summed E-state index contributed by atoms with van der Waals surface area (Å²) in [5, 5.41) is 8.70. The number of rotatable bonds is 11. The Bertz CT molecular complexity index is 879. The lowest BCUT2D eigenvalue weighted by Gasteiger charge is -2.58. The fourth-order valence-corrected chi connectivity index (χ4v) is 9.83. The van der Waals surface area contributed by atoms with Crippen LogP contribution in [-0.2, 0) is 19.1 Å². The SMILES string of the molecule is CC[C@H](CC[C@@H](C)[C@H]1CC[C@H]2[C@@H]3CC=C4C[C@@H](OC(=O)COCC(=O)O)CC[C@]4(C)[C@H]3CC[C@]12C)C(C)C. The number of carbonyl (C=O) groups is 2. The van der Waals surface area contributed by atoms with Crippen LogP contribution in [0.15, 0.2) is 11.6 Å². The van der Waals surface area contributed by atoms with Gasteiger partial charge in [-0.2, -0.15) is 0 Å². The number of esters is 1. The monoisotopic (exact) mass is 530 g/mol. The summed E-state index contributed by atoms with van der Waals surface area (Å²) in [6.07, 6.45) is 16.0. The van der Waals surface area contributed by atoms with Gasteiger partial charge in [0.25, 0.3) is 0 Å². The molecule has 1 N–H and O–H groups in total. The van der Waals surface area contributed by atoms with E-state index in [0.29, 0.717) is 5.41 Å². The lowest BCUT2D eigenvalue weighted by molar-refractivity contribution is -0.159. The van der Waals surface area contributed by atoms with Gasteiger partial charge in [-0.3, -0.25) is 0 Å². The van der Waals surface area contributed by atoms with Crippen LogP contribution in [0.5, 0.6) is 0 Å². The van der Waals surface area contributed by atoms with Crippen LogP contribution >= 0.6 is 0 Å². The van der Waals surface area contributed by atoms with Crippen molar-refractivity contribution in [2.24, 2.45) is 52.3 Å². The van der Waals surface area contributed by atoms with Gasteiger partial charge in [0.2, 0.25) is 0 Å². The van der Waals surface area contributed by atoms with Crippen molar-refractivity contribution in [3.63, 3.8) is 0 Å². The van der Waals surface area contributed by atoms with Gasteiger partial charge < -0.3 is 14.6 Å². The van der Waals surface area contributed by atoms with Crippen LogP contribution < -0.4 is 0 Å². The number of carboxylic acid groups (broad SMARTS) is 1. The lowest BCUT2D eigenvalue weighted by atomic mass is 9.47. The van der Waals surface area contributed by atoms with Gasteiger partial charge in [0, 0.05) is 6.42 Å². The summed E-state index contributed by atoms with van der Waals surface area (Å²) in [4.78, 5) is 22.8. The first kappa shape index (κ1) is 29.6. The molecule has 3 fully saturated rings. The number of allylic oxidation sites excluding steroid dienone is 1. The number of hydrogen-bond donors (Lipinski definition) is 1. The van der Waals surface area contributed by atoms with Crippen molar-refractivity contribution in [2.75, 3.05) is 13.2 Å². The summed E-state index contributed by atoms with van der Waals surface area (Å²) in [7, 11) is 0. The first-order valence-corrected chi connectivity index (χ1v) is 15.7. The first-order chi connectivity index (χ1) is 18.0. The topological polar surface area (TPSA) is 72.8 Å². The zero-order chi connectivity index (χ0) is 27.7. The molecule has 5 heteroatoms. The molecule has 0 spiro atoms. The standard InChI is InChI=1S/C33H54O5/c1-7-23(21(2)3)9-8-22(4)27-12-13-28-26-11-10-24-18-25(38-31(36)20-37-19-30(34)35)14-16-32(24,5)29(26)15-17-33(27,28)6/h10,21-23,25-29H,7-9,11-20H2,1-6H3,(H,34,35)/t22-,23-,25+,26+,27-,28+,29+,32+,33-/m1/s1. The Morgan fingerprint density at radius 1 is 1.03 bits per heavy atom. The summed E-state index contributed by atoms with van der Waals surface area (Å²) in [6.45, 7) is 14.1. The molecule has 0 amide bonds. The number of carboxylic acids is 1.